The van der Waals surface area contributed by atoms with E-state index in [1.807, 2.05) is 73.3 Å². The Morgan fingerprint density at radius 2 is 1.74 bits per heavy atom. The predicted molar refractivity (Wildman–Crippen MR) is 135 cm³/mol. The molecule has 0 radical (unpaired) electrons. The lowest BCUT2D eigenvalue weighted by atomic mass is 10.0. The van der Waals surface area contributed by atoms with E-state index >= 15 is 0 Å². The van der Waals surface area contributed by atoms with Crippen molar-refractivity contribution in [3.8, 4) is 0 Å². The number of nitrogens with zero attached hydrogens (tertiary/aromatic N) is 2. The normalized spacial score (nSPS) is 16.6. The summed E-state index contributed by atoms with van der Waals surface area (Å²) >= 11 is 0. The molecule has 2 aromatic carbocycles. The molecule has 182 valence electrons. The molecule has 3 rings (SSSR count). The summed E-state index contributed by atoms with van der Waals surface area (Å²) in [5, 5.41) is 5.70. The molecule has 0 bridgehead atoms. The van der Waals surface area contributed by atoms with Gasteiger partial charge in [-0.25, -0.2) is 4.79 Å². The fourth-order valence-corrected chi connectivity index (χ4v) is 4.23. The predicted octanol–water partition coefficient (Wildman–Crippen LogP) is 3.98. The van der Waals surface area contributed by atoms with E-state index in [0.29, 0.717) is 38.2 Å². The number of nitrogens with one attached hydrogen (secondary N) is 2. The van der Waals surface area contributed by atoms with Gasteiger partial charge < -0.3 is 20.4 Å². The molecule has 4 amide bonds. The van der Waals surface area contributed by atoms with Gasteiger partial charge in [0.1, 0.15) is 6.04 Å². The van der Waals surface area contributed by atoms with Crippen molar-refractivity contribution in [3.63, 3.8) is 0 Å². The van der Waals surface area contributed by atoms with E-state index in [9.17, 15) is 14.4 Å². The van der Waals surface area contributed by atoms with Crippen LogP contribution in [0.1, 0.15) is 44.2 Å². The number of carbonyl (C=O) groups excluding carboxylic acids is 3. The van der Waals surface area contributed by atoms with Gasteiger partial charge in [-0.1, -0.05) is 61.4 Å². The molecule has 7 nitrogen and oxygen atoms in total. The molecule has 1 aliphatic rings. The highest BCUT2D eigenvalue weighted by atomic mass is 16.2. The van der Waals surface area contributed by atoms with E-state index in [1.54, 1.807) is 4.90 Å². The summed E-state index contributed by atoms with van der Waals surface area (Å²) in [4.78, 5) is 42.4. The number of hydrogen-bond donors (Lipinski definition) is 2. The van der Waals surface area contributed by atoms with E-state index in [4.69, 9.17) is 0 Å². The molecule has 1 aliphatic heterocycles. The summed E-state index contributed by atoms with van der Waals surface area (Å²) in [5.41, 5.74) is 2.74. The van der Waals surface area contributed by atoms with Crippen molar-refractivity contribution in [3.05, 3.63) is 65.7 Å². The standard InChI is InChI=1S/C27H36N4O3/c1-4-5-11-25(32)31-17-16-30(19-21(31)3)26(33)24(18-22-9-7-6-8-10-22)29-27(34)28-23-14-12-20(2)13-15-23/h6-10,12-15,21,24H,4-5,11,16-19H2,1-3H3,(H2,28,29,34). The minimum absolute atomic E-state index is 0.0548. The first-order valence-electron chi connectivity index (χ1n) is 12.1. The van der Waals surface area contributed by atoms with Crippen LogP contribution in [0.5, 0.6) is 0 Å². The van der Waals surface area contributed by atoms with Crippen LogP contribution >= 0.6 is 0 Å². The summed E-state index contributed by atoms with van der Waals surface area (Å²) in [6.45, 7) is 7.48. The van der Waals surface area contributed by atoms with Crippen molar-refractivity contribution >= 4 is 23.5 Å². The third-order valence-corrected chi connectivity index (χ3v) is 6.20. The second-order valence-electron chi connectivity index (χ2n) is 9.03. The molecule has 1 fully saturated rings. The summed E-state index contributed by atoms with van der Waals surface area (Å²) in [7, 11) is 0. The molecular formula is C27H36N4O3. The fourth-order valence-electron chi connectivity index (χ4n) is 4.23. The molecule has 0 aliphatic carbocycles. The second kappa shape index (κ2) is 12.2. The third kappa shape index (κ3) is 7.07. The molecule has 1 saturated heterocycles. The zero-order valence-corrected chi connectivity index (χ0v) is 20.4. The van der Waals surface area contributed by atoms with Crippen molar-refractivity contribution < 1.29 is 14.4 Å². The lowest BCUT2D eigenvalue weighted by molar-refractivity contribution is -0.143. The molecule has 0 aromatic heterocycles. The quantitative estimate of drug-likeness (QED) is 0.620. The van der Waals surface area contributed by atoms with Crippen molar-refractivity contribution in [2.45, 2.75) is 58.5 Å². The SMILES string of the molecule is CCCCC(=O)N1CCN(C(=O)C(Cc2ccccc2)NC(=O)Nc2ccc(C)cc2)CC1C. The van der Waals surface area contributed by atoms with Gasteiger partial charge in [-0.05, 0) is 38.0 Å². The average Bonchev–Trinajstić information content (AvgIpc) is 2.83. The van der Waals surface area contributed by atoms with Crippen LogP contribution < -0.4 is 10.6 Å². The van der Waals surface area contributed by atoms with E-state index in [1.165, 1.54) is 0 Å². The molecule has 7 heteroatoms. The zero-order chi connectivity index (χ0) is 24.5. The minimum atomic E-state index is -0.706. The van der Waals surface area contributed by atoms with Gasteiger partial charge in [-0.3, -0.25) is 9.59 Å². The zero-order valence-electron chi connectivity index (χ0n) is 20.4. The number of unbranched alkanes of at least 4 members (excludes halogenated alkanes) is 1. The average molecular weight is 465 g/mol. The summed E-state index contributed by atoms with van der Waals surface area (Å²) in [6.07, 6.45) is 2.80. The van der Waals surface area contributed by atoms with Gasteiger partial charge in [0.25, 0.3) is 0 Å². The number of amides is 4. The number of benzene rings is 2. The Kier molecular flexibility index (Phi) is 9.08. The number of urea groups is 1. The first-order valence-corrected chi connectivity index (χ1v) is 12.1. The number of piperazine rings is 1. The minimum Gasteiger partial charge on any atom is -0.337 e. The van der Waals surface area contributed by atoms with E-state index in [2.05, 4.69) is 17.6 Å². The summed E-state index contributed by atoms with van der Waals surface area (Å²) < 4.78 is 0. The highest BCUT2D eigenvalue weighted by Crippen LogP contribution is 2.15. The van der Waals surface area contributed by atoms with Crippen LogP contribution in [0.2, 0.25) is 0 Å². The molecule has 34 heavy (non-hydrogen) atoms. The van der Waals surface area contributed by atoms with Crippen molar-refractivity contribution in [1.82, 2.24) is 15.1 Å². The Balaban J connectivity index is 1.67. The lowest BCUT2D eigenvalue weighted by Crippen LogP contribution is -2.59. The highest BCUT2D eigenvalue weighted by molar-refractivity contribution is 5.94. The van der Waals surface area contributed by atoms with Crippen LogP contribution in [0.4, 0.5) is 10.5 Å². The van der Waals surface area contributed by atoms with Crippen LogP contribution in [0.3, 0.4) is 0 Å². The third-order valence-electron chi connectivity index (χ3n) is 6.20. The van der Waals surface area contributed by atoms with Crippen LogP contribution in [0.15, 0.2) is 54.6 Å². The lowest BCUT2D eigenvalue weighted by Gasteiger charge is -2.41. The van der Waals surface area contributed by atoms with Crippen LogP contribution in [-0.2, 0) is 16.0 Å². The van der Waals surface area contributed by atoms with Crippen molar-refractivity contribution in [2.24, 2.45) is 0 Å². The Hall–Kier alpha value is -3.35. The smallest absolute Gasteiger partial charge is 0.319 e. The molecule has 2 N–H and O–H groups in total. The Labute approximate surface area is 202 Å². The van der Waals surface area contributed by atoms with Gasteiger partial charge in [0.05, 0.1) is 0 Å². The van der Waals surface area contributed by atoms with Gasteiger partial charge in [-0.2, -0.15) is 0 Å². The molecule has 2 atom stereocenters. The first-order chi connectivity index (χ1) is 16.4. The Bertz CT molecular complexity index is 962. The number of hydrogen-bond acceptors (Lipinski definition) is 3. The van der Waals surface area contributed by atoms with Gasteiger partial charge in [0.2, 0.25) is 11.8 Å². The van der Waals surface area contributed by atoms with Gasteiger partial charge >= 0.3 is 6.03 Å². The van der Waals surface area contributed by atoms with E-state index in [0.717, 1.165) is 24.0 Å². The topological polar surface area (TPSA) is 81.8 Å². The van der Waals surface area contributed by atoms with E-state index < -0.39 is 12.1 Å². The first kappa shape index (κ1) is 25.3. The summed E-state index contributed by atoms with van der Waals surface area (Å²) in [6, 6.07) is 16.0. The van der Waals surface area contributed by atoms with Gasteiger partial charge in [-0.15, -0.1) is 0 Å². The number of rotatable bonds is 8. The molecule has 0 saturated carbocycles. The Morgan fingerprint density at radius 3 is 2.38 bits per heavy atom. The van der Waals surface area contributed by atoms with E-state index in [-0.39, 0.29) is 17.9 Å². The van der Waals surface area contributed by atoms with Crippen LogP contribution in [0.25, 0.3) is 0 Å². The monoisotopic (exact) mass is 464 g/mol. The maximum Gasteiger partial charge on any atom is 0.319 e. The largest absolute Gasteiger partial charge is 0.337 e. The second-order valence-corrected chi connectivity index (χ2v) is 9.03. The maximum absolute atomic E-state index is 13.5. The van der Waals surface area contributed by atoms with Crippen molar-refractivity contribution in [2.75, 3.05) is 25.0 Å². The molecule has 2 unspecified atom stereocenters. The molecule has 0 spiro atoms. The van der Waals surface area contributed by atoms with Crippen LogP contribution in [0, 0.1) is 6.92 Å². The van der Waals surface area contributed by atoms with Crippen molar-refractivity contribution in [1.29, 1.82) is 0 Å². The number of aryl methyl sites for hydroxylation is 1. The van der Waals surface area contributed by atoms with Crippen LogP contribution in [-0.4, -0.2) is 59.4 Å². The Morgan fingerprint density at radius 1 is 1.03 bits per heavy atom. The highest BCUT2D eigenvalue weighted by Gasteiger charge is 2.33. The number of anilines is 1. The fraction of sp³-hybridized carbons (Fsp3) is 0.444. The van der Waals surface area contributed by atoms with Gasteiger partial charge in [0, 0.05) is 44.2 Å². The summed E-state index contributed by atoms with van der Waals surface area (Å²) in [5.74, 6) is 0.0216. The maximum atomic E-state index is 13.5. The molecular weight excluding hydrogens is 428 g/mol. The molecule has 1 heterocycles. The number of carbonyl (C=O) groups is 3. The van der Waals surface area contributed by atoms with Gasteiger partial charge in [0.15, 0.2) is 0 Å². The molecule has 2 aromatic rings.